The largest absolute Gasteiger partial charge is 0.328 e. The Kier molecular flexibility index (Phi) is 3.42. The Labute approximate surface area is 105 Å². The van der Waals surface area contributed by atoms with E-state index in [2.05, 4.69) is 16.8 Å². The van der Waals surface area contributed by atoms with E-state index in [1.165, 1.54) is 58.2 Å². The molecule has 2 unspecified atom stereocenters. The lowest BCUT2D eigenvalue weighted by Gasteiger charge is -2.41. The first kappa shape index (κ1) is 11.9. The number of fused-ring (bicyclic) bond motifs is 2. The minimum Gasteiger partial charge on any atom is -0.328 e. The predicted molar refractivity (Wildman–Crippen MR) is 70.9 cm³/mol. The zero-order valence-electron chi connectivity index (χ0n) is 11.1. The summed E-state index contributed by atoms with van der Waals surface area (Å²) in [7, 11) is 2.25. The first-order valence-corrected chi connectivity index (χ1v) is 7.42. The van der Waals surface area contributed by atoms with Gasteiger partial charge in [-0.2, -0.15) is 0 Å². The maximum Gasteiger partial charge on any atom is 0.0114 e. The van der Waals surface area contributed by atoms with E-state index in [1.807, 2.05) is 0 Å². The highest BCUT2D eigenvalue weighted by molar-refractivity contribution is 4.97. The van der Waals surface area contributed by atoms with Crippen LogP contribution in [0.3, 0.4) is 0 Å². The summed E-state index contributed by atoms with van der Waals surface area (Å²) in [6, 6.07) is 2.13. The average molecular weight is 237 g/mol. The minimum absolute atomic E-state index is 0.487. The summed E-state index contributed by atoms with van der Waals surface area (Å²) >= 11 is 0. The molecule has 3 fully saturated rings. The van der Waals surface area contributed by atoms with Gasteiger partial charge in [0.15, 0.2) is 0 Å². The van der Waals surface area contributed by atoms with Crippen LogP contribution in [0.2, 0.25) is 0 Å². The molecule has 3 saturated heterocycles. The maximum absolute atomic E-state index is 6.14. The lowest BCUT2D eigenvalue weighted by molar-refractivity contribution is 0.0862. The molecule has 0 saturated carbocycles. The van der Waals surface area contributed by atoms with Crippen LogP contribution in [0.5, 0.6) is 0 Å². The molecule has 3 rings (SSSR count). The Morgan fingerprint density at radius 1 is 1.00 bits per heavy atom. The van der Waals surface area contributed by atoms with E-state index in [-0.39, 0.29) is 0 Å². The zero-order chi connectivity index (χ0) is 11.8. The van der Waals surface area contributed by atoms with Crippen LogP contribution in [0, 0.1) is 5.92 Å². The van der Waals surface area contributed by atoms with E-state index >= 15 is 0 Å². The molecule has 3 aliphatic heterocycles. The van der Waals surface area contributed by atoms with E-state index in [1.54, 1.807) is 0 Å². The zero-order valence-corrected chi connectivity index (χ0v) is 11.1. The molecule has 2 N–H and O–H groups in total. The number of nitrogens with two attached hydrogens (primary N) is 1. The highest BCUT2D eigenvalue weighted by atomic mass is 15.2. The molecule has 0 spiro atoms. The fourth-order valence-electron chi connectivity index (χ4n) is 4.16. The van der Waals surface area contributed by atoms with Crippen LogP contribution in [0.4, 0.5) is 0 Å². The predicted octanol–water partition coefficient (Wildman–Crippen LogP) is 1.28. The van der Waals surface area contributed by atoms with Gasteiger partial charge in [-0.05, 0) is 64.6 Å². The molecule has 2 bridgehead atoms. The Morgan fingerprint density at radius 2 is 1.59 bits per heavy atom. The van der Waals surface area contributed by atoms with Crippen molar-refractivity contribution in [3.63, 3.8) is 0 Å². The standard InChI is InChI=1S/C14H27N3/c1-16-6-4-11(5-7-16)10-17-13-2-3-14(17)9-12(15)8-13/h11-14H,2-10,15H2,1H3. The first-order valence-electron chi connectivity index (χ1n) is 7.42. The molecule has 3 aliphatic rings. The van der Waals surface area contributed by atoms with E-state index < -0.39 is 0 Å². The quantitative estimate of drug-likeness (QED) is 0.785. The number of hydrogen-bond donors (Lipinski definition) is 1. The highest BCUT2D eigenvalue weighted by Crippen LogP contribution is 2.36. The van der Waals surface area contributed by atoms with Crippen molar-refractivity contribution >= 4 is 0 Å². The Hall–Kier alpha value is -0.120. The van der Waals surface area contributed by atoms with Crippen molar-refractivity contribution in [3.8, 4) is 0 Å². The van der Waals surface area contributed by atoms with Crippen LogP contribution in [0.1, 0.15) is 38.5 Å². The van der Waals surface area contributed by atoms with E-state index in [4.69, 9.17) is 5.73 Å². The van der Waals surface area contributed by atoms with Crippen molar-refractivity contribution in [3.05, 3.63) is 0 Å². The average Bonchev–Trinajstić information content (AvgIpc) is 2.56. The number of nitrogens with zero attached hydrogens (tertiary/aromatic N) is 2. The van der Waals surface area contributed by atoms with Gasteiger partial charge in [0.2, 0.25) is 0 Å². The number of likely N-dealkylation sites (tertiary alicyclic amines) is 1. The lowest BCUT2D eigenvalue weighted by atomic mass is 9.92. The Morgan fingerprint density at radius 3 is 2.18 bits per heavy atom. The molecule has 17 heavy (non-hydrogen) atoms. The molecule has 0 aromatic carbocycles. The Balaban J connectivity index is 1.55. The molecule has 0 amide bonds. The van der Waals surface area contributed by atoms with Gasteiger partial charge in [-0.3, -0.25) is 4.90 Å². The van der Waals surface area contributed by atoms with Crippen molar-refractivity contribution < 1.29 is 0 Å². The summed E-state index contributed by atoms with van der Waals surface area (Å²) in [5.41, 5.74) is 6.14. The third kappa shape index (κ3) is 2.51. The highest BCUT2D eigenvalue weighted by Gasteiger charge is 2.40. The van der Waals surface area contributed by atoms with Crippen LogP contribution in [-0.2, 0) is 0 Å². The molecule has 0 aromatic rings. The van der Waals surface area contributed by atoms with Gasteiger partial charge in [0.05, 0.1) is 0 Å². The Bertz CT molecular complexity index is 246. The van der Waals surface area contributed by atoms with Crippen LogP contribution < -0.4 is 5.73 Å². The summed E-state index contributed by atoms with van der Waals surface area (Å²) in [5.74, 6) is 0.948. The first-order chi connectivity index (χ1) is 8.22. The van der Waals surface area contributed by atoms with Gasteiger partial charge in [0, 0.05) is 24.7 Å². The number of rotatable bonds is 2. The molecule has 98 valence electrons. The van der Waals surface area contributed by atoms with Crippen LogP contribution in [0.25, 0.3) is 0 Å². The number of piperidine rings is 2. The smallest absolute Gasteiger partial charge is 0.0114 e. The normalized spacial score (nSPS) is 40.9. The van der Waals surface area contributed by atoms with E-state index in [0.29, 0.717) is 6.04 Å². The molecular formula is C14H27N3. The van der Waals surface area contributed by atoms with Gasteiger partial charge in [0.25, 0.3) is 0 Å². The van der Waals surface area contributed by atoms with Gasteiger partial charge in [0.1, 0.15) is 0 Å². The van der Waals surface area contributed by atoms with Crippen molar-refractivity contribution in [2.45, 2.75) is 56.7 Å². The molecule has 3 heteroatoms. The topological polar surface area (TPSA) is 32.5 Å². The SMILES string of the molecule is CN1CCC(CN2C3CCC2CC(N)C3)CC1. The second-order valence-electron chi connectivity index (χ2n) is 6.56. The fourth-order valence-corrected chi connectivity index (χ4v) is 4.16. The monoisotopic (exact) mass is 237 g/mol. The fraction of sp³-hybridized carbons (Fsp3) is 1.00. The minimum atomic E-state index is 0.487. The van der Waals surface area contributed by atoms with Gasteiger partial charge in [-0.15, -0.1) is 0 Å². The van der Waals surface area contributed by atoms with E-state index in [0.717, 1.165) is 18.0 Å². The molecule has 0 aliphatic carbocycles. The third-order valence-corrected chi connectivity index (χ3v) is 5.23. The summed E-state index contributed by atoms with van der Waals surface area (Å²) in [6.45, 7) is 3.95. The van der Waals surface area contributed by atoms with Gasteiger partial charge < -0.3 is 10.6 Å². The molecule has 3 heterocycles. The summed E-state index contributed by atoms with van der Waals surface area (Å²) in [6.07, 6.45) is 8.12. The number of hydrogen-bond acceptors (Lipinski definition) is 3. The van der Waals surface area contributed by atoms with Gasteiger partial charge in [-0.25, -0.2) is 0 Å². The molecular weight excluding hydrogens is 210 g/mol. The molecule has 0 radical (unpaired) electrons. The van der Waals surface area contributed by atoms with Crippen LogP contribution >= 0.6 is 0 Å². The van der Waals surface area contributed by atoms with Gasteiger partial charge in [-0.1, -0.05) is 0 Å². The summed E-state index contributed by atoms with van der Waals surface area (Å²) in [4.78, 5) is 5.29. The van der Waals surface area contributed by atoms with Gasteiger partial charge >= 0.3 is 0 Å². The van der Waals surface area contributed by atoms with E-state index in [9.17, 15) is 0 Å². The third-order valence-electron chi connectivity index (χ3n) is 5.23. The van der Waals surface area contributed by atoms with Crippen molar-refractivity contribution in [1.29, 1.82) is 0 Å². The summed E-state index contributed by atoms with van der Waals surface area (Å²) in [5, 5.41) is 0. The second kappa shape index (κ2) is 4.87. The van der Waals surface area contributed by atoms with Crippen LogP contribution in [0.15, 0.2) is 0 Å². The van der Waals surface area contributed by atoms with Crippen molar-refractivity contribution in [2.24, 2.45) is 11.7 Å². The van der Waals surface area contributed by atoms with Crippen LogP contribution in [-0.4, -0.2) is 54.6 Å². The lowest BCUT2D eigenvalue weighted by Crippen LogP contribution is -2.49. The van der Waals surface area contributed by atoms with Crippen molar-refractivity contribution in [2.75, 3.05) is 26.7 Å². The van der Waals surface area contributed by atoms with Crippen molar-refractivity contribution in [1.82, 2.24) is 9.80 Å². The molecule has 2 atom stereocenters. The summed E-state index contributed by atoms with van der Waals surface area (Å²) < 4.78 is 0. The second-order valence-corrected chi connectivity index (χ2v) is 6.56. The maximum atomic E-state index is 6.14. The molecule has 0 aromatic heterocycles. The molecule has 3 nitrogen and oxygen atoms in total.